The number of hydrogen-bond acceptors (Lipinski definition) is 1. The first-order valence-corrected chi connectivity index (χ1v) is 7.55. The minimum Gasteiger partial charge on any atom is -0.314 e. The van der Waals surface area contributed by atoms with Crippen molar-refractivity contribution in [3.8, 4) is 0 Å². The van der Waals surface area contributed by atoms with E-state index in [1.807, 2.05) is 12.1 Å². The van der Waals surface area contributed by atoms with E-state index in [1.165, 1.54) is 24.8 Å². The van der Waals surface area contributed by atoms with E-state index >= 15 is 0 Å². The number of rotatable bonds is 8. The molecule has 1 unspecified atom stereocenters. The molecule has 0 aliphatic carbocycles. The highest BCUT2D eigenvalue weighted by Gasteiger charge is 2.16. The summed E-state index contributed by atoms with van der Waals surface area (Å²) in [7, 11) is 0. The zero-order valence-corrected chi connectivity index (χ0v) is 12.7. The molecule has 1 rings (SSSR count). The first-order chi connectivity index (χ1) is 9.06. The lowest BCUT2D eigenvalue weighted by Gasteiger charge is -2.24. The Morgan fingerprint density at radius 2 is 1.63 bits per heavy atom. The lowest BCUT2D eigenvalue weighted by molar-refractivity contribution is 0.390. The normalized spacial score (nSPS) is 13.2. The summed E-state index contributed by atoms with van der Waals surface area (Å²) in [5.41, 5.74) is 1.25. The maximum Gasteiger partial charge on any atom is 0.123 e. The van der Waals surface area contributed by atoms with Crippen LogP contribution < -0.4 is 5.32 Å². The van der Waals surface area contributed by atoms with Gasteiger partial charge in [0.25, 0.3) is 0 Å². The van der Waals surface area contributed by atoms with Crippen molar-refractivity contribution < 1.29 is 4.39 Å². The highest BCUT2D eigenvalue weighted by molar-refractivity contribution is 5.21. The van der Waals surface area contributed by atoms with Gasteiger partial charge in [0.05, 0.1) is 0 Å². The first-order valence-electron chi connectivity index (χ1n) is 7.55. The van der Waals surface area contributed by atoms with Crippen LogP contribution in [0.3, 0.4) is 0 Å². The summed E-state index contributed by atoms with van der Waals surface area (Å²) in [6, 6.07) is 7.51. The molecule has 0 radical (unpaired) electrons. The molecule has 0 aromatic heterocycles. The van der Waals surface area contributed by atoms with Crippen LogP contribution in [0.1, 0.15) is 58.4 Å². The van der Waals surface area contributed by atoms with Crippen molar-refractivity contribution in [3.63, 3.8) is 0 Å². The van der Waals surface area contributed by atoms with E-state index in [0.29, 0.717) is 12.0 Å². The Morgan fingerprint density at radius 3 is 2.11 bits per heavy atom. The Kier molecular flexibility index (Phi) is 7.07. The second kappa shape index (κ2) is 8.31. The molecule has 108 valence electrons. The van der Waals surface area contributed by atoms with Crippen LogP contribution in [0, 0.1) is 11.7 Å². The largest absolute Gasteiger partial charge is 0.314 e. The molecular formula is C17H28FN. The van der Waals surface area contributed by atoms with Crippen LogP contribution in [0.5, 0.6) is 0 Å². The molecule has 0 heterocycles. The number of hydrogen-bond donors (Lipinski definition) is 1. The van der Waals surface area contributed by atoms with Gasteiger partial charge in [-0.3, -0.25) is 0 Å². The van der Waals surface area contributed by atoms with Gasteiger partial charge in [-0.05, 0) is 36.0 Å². The first kappa shape index (κ1) is 16.2. The predicted octanol–water partition coefficient (Wildman–Crippen LogP) is 4.73. The number of halogens is 1. The molecule has 0 bridgehead atoms. The molecule has 0 spiro atoms. The molecule has 1 aromatic carbocycles. The fourth-order valence-electron chi connectivity index (χ4n) is 2.47. The molecule has 1 nitrogen and oxygen atoms in total. The van der Waals surface area contributed by atoms with Crippen molar-refractivity contribution in [2.45, 2.75) is 58.9 Å². The molecule has 0 fully saturated rings. The second-order valence-corrected chi connectivity index (χ2v) is 5.73. The average Bonchev–Trinajstić information content (AvgIpc) is 2.40. The maximum atomic E-state index is 13.0. The van der Waals surface area contributed by atoms with Crippen molar-refractivity contribution in [1.82, 2.24) is 5.32 Å². The monoisotopic (exact) mass is 265 g/mol. The third-order valence-corrected chi connectivity index (χ3v) is 3.89. The van der Waals surface area contributed by atoms with E-state index in [9.17, 15) is 4.39 Å². The summed E-state index contributed by atoms with van der Waals surface area (Å²) in [5.74, 6) is 1.08. The van der Waals surface area contributed by atoms with E-state index in [4.69, 9.17) is 0 Å². The van der Waals surface area contributed by atoms with Gasteiger partial charge >= 0.3 is 0 Å². The van der Waals surface area contributed by atoms with Crippen LogP contribution in [0.25, 0.3) is 0 Å². The van der Waals surface area contributed by atoms with Crippen molar-refractivity contribution in [3.05, 3.63) is 35.6 Å². The summed E-state index contributed by atoms with van der Waals surface area (Å²) in [6.07, 6.45) is 3.62. The van der Waals surface area contributed by atoms with E-state index in [-0.39, 0.29) is 5.82 Å². The molecule has 1 atom stereocenters. The topological polar surface area (TPSA) is 12.0 Å². The molecule has 1 aromatic rings. The van der Waals surface area contributed by atoms with Crippen molar-refractivity contribution in [2.24, 2.45) is 5.92 Å². The second-order valence-electron chi connectivity index (χ2n) is 5.73. The Hall–Kier alpha value is -0.890. The Bertz CT molecular complexity index is 341. The molecule has 0 aliphatic heterocycles. The Balaban J connectivity index is 2.75. The Labute approximate surface area is 117 Å². The van der Waals surface area contributed by atoms with E-state index in [0.717, 1.165) is 12.5 Å². The van der Waals surface area contributed by atoms with Gasteiger partial charge in [-0.2, -0.15) is 0 Å². The quantitative estimate of drug-likeness (QED) is 0.716. The van der Waals surface area contributed by atoms with Gasteiger partial charge < -0.3 is 5.32 Å². The van der Waals surface area contributed by atoms with Crippen LogP contribution in [0.15, 0.2) is 24.3 Å². The van der Waals surface area contributed by atoms with E-state index in [1.54, 1.807) is 12.1 Å². The SMILES string of the molecule is CCC(CC)CC(CNC(C)C)c1ccc(F)cc1. The van der Waals surface area contributed by atoms with Crippen LogP contribution in [0.2, 0.25) is 0 Å². The fraction of sp³-hybridized carbons (Fsp3) is 0.647. The highest BCUT2D eigenvalue weighted by Crippen LogP contribution is 2.27. The average molecular weight is 265 g/mol. The third-order valence-electron chi connectivity index (χ3n) is 3.89. The number of nitrogens with one attached hydrogen (secondary N) is 1. The van der Waals surface area contributed by atoms with Gasteiger partial charge in [0, 0.05) is 12.6 Å². The van der Waals surface area contributed by atoms with Crippen molar-refractivity contribution in [2.75, 3.05) is 6.54 Å². The number of benzene rings is 1. The van der Waals surface area contributed by atoms with Crippen molar-refractivity contribution in [1.29, 1.82) is 0 Å². The van der Waals surface area contributed by atoms with Crippen LogP contribution in [0.4, 0.5) is 4.39 Å². The minimum atomic E-state index is -0.151. The molecule has 0 aliphatic rings. The smallest absolute Gasteiger partial charge is 0.123 e. The van der Waals surface area contributed by atoms with E-state index in [2.05, 4.69) is 33.0 Å². The lowest BCUT2D eigenvalue weighted by Crippen LogP contribution is -2.29. The zero-order valence-electron chi connectivity index (χ0n) is 12.7. The molecule has 0 amide bonds. The van der Waals surface area contributed by atoms with Gasteiger partial charge in [-0.25, -0.2) is 4.39 Å². The molecule has 19 heavy (non-hydrogen) atoms. The van der Waals surface area contributed by atoms with Gasteiger partial charge in [-0.15, -0.1) is 0 Å². The van der Waals surface area contributed by atoms with Gasteiger partial charge in [0.15, 0.2) is 0 Å². The minimum absolute atomic E-state index is 0.151. The highest BCUT2D eigenvalue weighted by atomic mass is 19.1. The maximum absolute atomic E-state index is 13.0. The molecule has 2 heteroatoms. The standard InChI is InChI=1S/C17H28FN/c1-5-14(6-2)11-16(12-19-13(3)4)15-7-9-17(18)10-8-15/h7-10,13-14,16,19H,5-6,11-12H2,1-4H3. The van der Waals surface area contributed by atoms with Crippen LogP contribution >= 0.6 is 0 Å². The van der Waals surface area contributed by atoms with Gasteiger partial charge in [0.2, 0.25) is 0 Å². The van der Waals surface area contributed by atoms with Gasteiger partial charge in [-0.1, -0.05) is 52.7 Å². The summed E-state index contributed by atoms with van der Waals surface area (Å²) in [4.78, 5) is 0. The summed E-state index contributed by atoms with van der Waals surface area (Å²) >= 11 is 0. The Morgan fingerprint density at radius 1 is 1.05 bits per heavy atom. The molecule has 1 N–H and O–H groups in total. The summed E-state index contributed by atoms with van der Waals surface area (Å²) < 4.78 is 13.0. The van der Waals surface area contributed by atoms with E-state index < -0.39 is 0 Å². The predicted molar refractivity (Wildman–Crippen MR) is 81.0 cm³/mol. The summed E-state index contributed by atoms with van der Waals surface area (Å²) in [5, 5.41) is 3.52. The molecule has 0 saturated heterocycles. The fourth-order valence-corrected chi connectivity index (χ4v) is 2.47. The van der Waals surface area contributed by atoms with Crippen molar-refractivity contribution >= 4 is 0 Å². The van der Waals surface area contributed by atoms with Gasteiger partial charge in [0.1, 0.15) is 5.82 Å². The molecular weight excluding hydrogens is 237 g/mol. The summed E-state index contributed by atoms with van der Waals surface area (Å²) in [6.45, 7) is 9.81. The lowest BCUT2D eigenvalue weighted by atomic mass is 9.86. The van der Waals surface area contributed by atoms with Crippen LogP contribution in [-0.2, 0) is 0 Å². The zero-order chi connectivity index (χ0) is 14.3. The van der Waals surface area contributed by atoms with Crippen LogP contribution in [-0.4, -0.2) is 12.6 Å². The third kappa shape index (κ3) is 5.73. The molecule has 0 saturated carbocycles.